The molecule has 0 bridgehead atoms. The van der Waals surface area contributed by atoms with E-state index < -0.39 is 48.5 Å². The molecule has 0 radical (unpaired) electrons. The minimum Gasteiger partial charge on any atom is -0.481 e. The second-order valence-electron chi connectivity index (χ2n) is 9.78. The van der Waals surface area contributed by atoms with Crippen LogP contribution in [0.1, 0.15) is 55.7 Å². The molecule has 0 fully saturated rings. The molecule has 0 saturated heterocycles. The number of nitrogen functional groups attached to an aromatic ring is 1. The van der Waals surface area contributed by atoms with Crippen molar-refractivity contribution >= 4 is 35.3 Å². The van der Waals surface area contributed by atoms with Gasteiger partial charge in [0.2, 0.25) is 11.8 Å². The smallest absolute Gasteiger partial charge is 0.481 e. The summed E-state index contributed by atoms with van der Waals surface area (Å²) in [6, 6.07) is 15.2. The Bertz CT molecular complexity index is 1340. The first kappa shape index (κ1) is 35.2. The number of rotatable bonds is 13. The van der Waals surface area contributed by atoms with E-state index in [0.717, 1.165) is 24.0 Å². The highest BCUT2D eigenvalue weighted by molar-refractivity contribution is 6.03. The van der Waals surface area contributed by atoms with Gasteiger partial charge in [0.15, 0.2) is 0 Å². The van der Waals surface area contributed by atoms with Crippen molar-refractivity contribution in [2.24, 2.45) is 10.9 Å². The van der Waals surface area contributed by atoms with Gasteiger partial charge in [0.05, 0.1) is 18.6 Å². The van der Waals surface area contributed by atoms with Crippen LogP contribution in [-0.4, -0.2) is 75.3 Å². The molecule has 1 unspecified atom stereocenters. The number of carbonyl (C=O) groups is 4. The van der Waals surface area contributed by atoms with Gasteiger partial charge in [-0.05, 0) is 17.5 Å². The molecule has 0 aliphatic carbocycles. The molecule has 12 nitrogen and oxygen atoms in total. The number of carboxylic acids is 2. The Kier molecular flexibility index (Phi) is 13.3. The first-order valence-electron chi connectivity index (χ1n) is 13.5. The van der Waals surface area contributed by atoms with Crippen LogP contribution in [0.2, 0.25) is 0 Å². The van der Waals surface area contributed by atoms with Crippen LogP contribution < -0.4 is 11.1 Å². The third-order valence-corrected chi connectivity index (χ3v) is 6.24. The van der Waals surface area contributed by atoms with Crippen molar-refractivity contribution in [3.8, 4) is 0 Å². The summed E-state index contributed by atoms with van der Waals surface area (Å²) in [5.41, 5.74) is 8.44. The van der Waals surface area contributed by atoms with E-state index in [0.29, 0.717) is 30.8 Å². The molecule has 2 aromatic rings. The fourth-order valence-corrected chi connectivity index (χ4v) is 4.03. The molecule has 2 aromatic carbocycles. The number of aliphatic carboxylic acids is 2. The van der Waals surface area contributed by atoms with Crippen LogP contribution in [0.5, 0.6) is 0 Å². The molecule has 1 aliphatic rings. The zero-order chi connectivity index (χ0) is 32.9. The van der Waals surface area contributed by atoms with Crippen LogP contribution >= 0.6 is 0 Å². The van der Waals surface area contributed by atoms with Crippen LogP contribution in [0.15, 0.2) is 59.8 Å². The van der Waals surface area contributed by atoms with E-state index in [2.05, 4.69) is 10.5 Å². The maximum Gasteiger partial charge on any atom is 0.490 e. The molecule has 1 aliphatic heterocycles. The Labute approximate surface area is 251 Å². The minimum atomic E-state index is -5.08. The monoisotopic (exact) mass is 621 g/mol. The number of hydrogen-bond donors (Lipinski definition) is 5. The van der Waals surface area contributed by atoms with Crippen molar-refractivity contribution in [2.75, 3.05) is 6.54 Å². The Morgan fingerprint density at radius 1 is 1.11 bits per heavy atom. The van der Waals surface area contributed by atoms with E-state index in [4.69, 9.17) is 25.9 Å². The normalized spacial score (nSPS) is 14.6. The lowest BCUT2D eigenvalue weighted by molar-refractivity contribution is -0.192. The van der Waals surface area contributed by atoms with Gasteiger partial charge < -0.3 is 31.0 Å². The number of benzene rings is 2. The highest BCUT2D eigenvalue weighted by Crippen LogP contribution is 2.20. The highest BCUT2D eigenvalue weighted by atomic mass is 19.4. The number of oxime groups is 1. The number of alkyl halides is 3. The number of carbonyl (C=O) groups excluding carboxylic acids is 2. The molecule has 238 valence electrons. The van der Waals surface area contributed by atoms with Gasteiger partial charge in [-0.25, -0.2) is 4.79 Å². The topological polar surface area (TPSA) is 195 Å². The molecule has 6 N–H and O–H groups in total. The van der Waals surface area contributed by atoms with E-state index in [1.54, 1.807) is 29.2 Å². The predicted molar refractivity (Wildman–Crippen MR) is 153 cm³/mol. The number of hydrogen-bond acceptors (Lipinski definition) is 7. The van der Waals surface area contributed by atoms with Crippen LogP contribution in [0.25, 0.3) is 0 Å². The van der Waals surface area contributed by atoms with Gasteiger partial charge >= 0.3 is 18.1 Å². The van der Waals surface area contributed by atoms with Gasteiger partial charge in [-0.3, -0.25) is 19.8 Å². The molecule has 0 spiro atoms. The lowest BCUT2D eigenvalue weighted by Gasteiger charge is -2.27. The van der Waals surface area contributed by atoms with E-state index in [1.807, 2.05) is 37.3 Å². The molecular formula is C29H34F3N5O7. The number of nitrogens with one attached hydrogen (secondary N) is 2. The van der Waals surface area contributed by atoms with Gasteiger partial charge in [-0.1, -0.05) is 73.1 Å². The second kappa shape index (κ2) is 16.6. The minimum absolute atomic E-state index is 0.0341. The van der Waals surface area contributed by atoms with Crippen molar-refractivity contribution in [3.63, 3.8) is 0 Å². The first-order chi connectivity index (χ1) is 20.7. The third kappa shape index (κ3) is 11.7. The molecule has 1 heterocycles. The molecule has 0 aromatic heterocycles. The van der Waals surface area contributed by atoms with Gasteiger partial charge in [-0.15, -0.1) is 0 Å². The van der Waals surface area contributed by atoms with Crippen LogP contribution in [-0.2, 0) is 30.6 Å². The molecule has 3 rings (SSSR count). The lowest BCUT2D eigenvalue weighted by atomic mass is 10.0. The SMILES string of the molecule is CCCCN(Cc1ccccc1)C(=O)[C@H](CC(=O)O)NC(=O)CC1CC(c2ccc(C(=N)N)cc2)=NO1.O=C(O)C(F)(F)F. The fraction of sp³-hybridized carbons (Fsp3) is 0.379. The zero-order valence-electron chi connectivity index (χ0n) is 23.8. The molecular weight excluding hydrogens is 587 g/mol. The molecule has 0 saturated carbocycles. The van der Waals surface area contributed by atoms with Crippen molar-refractivity contribution in [3.05, 3.63) is 71.3 Å². The summed E-state index contributed by atoms with van der Waals surface area (Å²) in [4.78, 5) is 53.6. The number of amides is 2. The van der Waals surface area contributed by atoms with Gasteiger partial charge in [-0.2, -0.15) is 13.2 Å². The molecule has 44 heavy (non-hydrogen) atoms. The van der Waals surface area contributed by atoms with Crippen molar-refractivity contribution in [1.82, 2.24) is 10.2 Å². The van der Waals surface area contributed by atoms with Crippen molar-refractivity contribution < 1.29 is 47.4 Å². The average Bonchev–Trinajstić information content (AvgIpc) is 3.43. The van der Waals surface area contributed by atoms with E-state index >= 15 is 0 Å². The number of amidine groups is 1. The Hall–Kier alpha value is -4.95. The maximum atomic E-state index is 13.3. The average molecular weight is 622 g/mol. The molecule has 2 atom stereocenters. The van der Waals surface area contributed by atoms with Crippen molar-refractivity contribution in [1.29, 1.82) is 5.41 Å². The van der Waals surface area contributed by atoms with E-state index in [-0.39, 0.29) is 12.3 Å². The summed E-state index contributed by atoms with van der Waals surface area (Å²) < 4.78 is 31.7. The fourth-order valence-electron chi connectivity index (χ4n) is 4.03. The van der Waals surface area contributed by atoms with Gasteiger partial charge in [0.1, 0.15) is 18.0 Å². The van der Waals surface area contributed by atoms with Crippen LogP contribution in [0.4, 0.5) is 13.2 Å². The van der Waals surface area contributed by atoms with E-state index in [9.17, 15) is 32.7 Å². The third-order valence-electron chi connectivity index (χ3n) is 6.24. The predicted octanol–water partition coefficient (Wildman–Crippen LogP) is 3.28. The van der Waals surface area contributed by atoms with Crippen molar-refractivity contribution in [2.45, 2.75) is 63.9 Å². The summed E-state index contributed by atoms with van der Waals surface area (Å²) >= 11 is 0. The number of nitrogens with zero attached hydrogens (tertiary/aromatic N) is 2. The number of nitrogens with two attached hydrogens (primary N) is 1. The quantitative estimate of drug-likeness (QED) is 0.166. The number of carboxylic acid groups (broad SMARTS) is 2. The summed E-state index contributed by atoms with van der Waals surface area (Å²) in [6.45, 7) is 2.80. The zero-order valence-corrected chi connectivity index (χ0v) is 23.8. The summed E-state index contributed by atoms with van der Waals surface area (Å²) in [7, 11) is 0. The Balaban J connectivity index is 0.000000860. The number of halogens is 3. The number of unbranched alkanes of at least 4 members (excludes halogenated alkanes) is 1. The Morgan fingerprint density at radius 2 is 1.73 bits per heavy atom. The summed E-state index contributed by atoms with van der Waals surface area (Å²) in [5, 5.41) is 30.7. The van der Waals surface area contributed by atoms with Crippen LogP contribution in [0.3, 0.4) is 0 Å². The maximum absolute atomic E-state index is 13.3. The highest BCUT2D eigenvalue weighted by Gasteiger charge is 2.38. The molecule has 2 amide bonds. The molecule has 15 heteroatoms. The summed E-state index contributed by atoms with van der Waals surface area (Å²) in [6.07, 6.45) is -4.21. The summed E-state index contributed by atoms with van der Waals surface area (Å²) in [5.74, 6) is -4.88. The lowest BCUT2D eigenvalue weighted by Crippen LogP contribution is -2.50. The van der Waals surface area contributed by atoms with Crippen LogP contribution in [0, 0.1) is 5.41 Å². The Morgan fingerprint density at radius 3 is 2.25 bits per heavy atom. The standard InChI is InChI=1S/C27H33N5O5.C2HF3O2/c1-2-3-13-32(17-18-7-5-4-6-8-18)27(36)23(16-25(34)35)30-24(33)15-21-14-22(31-37-21)19-9-11-20(12-10-19)26(28)29;3-2(4,5)1(6)7/h4-12,21,23H,2-3,13-17H2,1H3,(H3,28,29)(H,30,33)(H,34,35);(H,6,7)/t21?,23-;/m0./s1. The van der Waals surface area contributed by atoms with Gasteiger partial charge in [0, 0.05) is 25.1 Å². The second-order valence-corrected chi connectivity index (χ2v) is 9.78. The largest absolute Gasteiger partial charge is 0.490 e. The van der Waals surface area contributed by atoms with E-state index in [1.165, 1.54) is 0 Å². The first-order valence-corrected chi connectivity index (χ1v) is 13.5. The van der Waals surface area contributed by atoms with Gasteiger partial charge in [0.25, 0.3) is 0 Å².